The molecule has 0 aliphatic carbocycles. The van der Waals surface area contributed by atoms with E-state index in [9.17, 15) is 19.1 Å². The minimum Gasteiger partial charge on any atom is -0.493 e. The van der Waals surface area contributed by atoms with Crippen LogP contribution in [0, 0.1) is 0 Å². The lowest BCUT2D eigenvalue weighted by atomic mass is 9.91. The van der Waals surface area contributed by atoms with Gasteiger partial charge in [-0.05, 0) is 25.0 Å². The van der Waals surface area contributed by atoms with Crippen molar-refractivity contribution in [3.05, 3.63) is 17.7 Å². The summed E-state index contributed by atoms with van der Waals surface area (Å²) in [6, 6.07) is 2.80. The van der Waals surface area contributed by atoms with Gasteiger partial charge in [-0.3, -0.25) is 9.36 Å². The van der Waals surface area contributed by atoms with Crippen LogP contribution in [0.1, 0.15) is 37.0 Å². The fourth-order valence-corrected chi connectivity index (χ4v) is 3.81. The van der Waals surface area contributed by atoms with Crippen LogP contribution in [0.25, 0.3) is 0 Å². The first-order valence-corrected chi connectivity index (χ1v) is 8.74. The highest BCUT2D eigenvalue weighted by atomic mass is 31.2. The van der Waals surface area contributed by atoms with E-state index in [-0.39, 0.29) is 29.9 Å². The molecule has 0 saturated heterocycles. The minimum absolute atomic E-state index is 0.0171. The summed E-state index contributed by atoms with van der Waals surface area (Å²) in [6.07, 6.45) is 0.0343. The Morgan fingerprint density at radius 3 is 1.74 bits per heavy atom. The van der Waals surface area contributed by atoms with Crippen molar-refractivity contribution >= 4 is 13.4 Å². The van der Waals surface area contributed by atoms with Gasteiger partial charge in [-0.2, -0.15) is 0 Å². The maximum absolute atomic E-state index is 12.9. The number of Topliss-reactive ketones (excluding diaryl/α,β-unsaturated/α-hetero) is 1. The van der Waals surface area contributed by atoms with Crippen LogP contribution in [0.15, 0.2) is 12.1 Å². The van der Waals surface area contributed by atoms with E-state index in [1.807, 2.05) is 0 Å². The molecule has 0 aromatic heterocycles. The van der Waals surface area contributed by atoms with Crippen molar-refractivity contribution in [3.8, 4) is 17.2 Å². The molecule has 0 bridgehead atoms. The van der Waals surface area contributed by atoms with Crippen LogP contribution in [0.5, 0.6) is 17.2 Å². The highest BCUT2D eigenvalue weighted by molar-refractivity contribution is 7.55. The fraction of sp³-hybridized carbons (Fsp3) is 0.533. The number of ketones is 1. The van der Waals surface area contributed by atoms with Gasteiger partial charge in [0.25, 0.3) is 0 Å². The van der Waals surface area contributed by atoms with E-state index >= 15 is 0 Å². The van der Waals surface area contributed by atoms with Gasteiger partial charge in [0.2, 0.25) is 5.75 Å². The van der Waals surface area contributed by atoms with Gasteiger partial charge in [-0.15, -0.1) is 0 Å². The summed E-state index contributed by atoms with van der Waals surface area (Å²) in [6.45, 7) is 3.16. The van der Waals surface area contributed by atoms with Crippen LogP contribution in [0.3, 0.4) is 0 Å². The molecule has 130 valence electrons. The number of benzene rings is 1. The molecule has 23 heavy (non-hydrogen) atoms. The van der Waals surface area contributed by atoms with Gasteiger partial charge in [0, 0.05) is 5.56 Å². The Morgan fingerprint density at radius 1 is 1.04 bits per heavy atom. The zero-order valence-corrected chi connectivity index (χ0v) is 14.8. The standard InChI is InChI=1S/C15H23O7P/c1-6-15(7-2,23(17,18)19)14(16)10-8-11(20-3)13(22-5)12(9-10)21-4/h8-9H,6-7H2,1-5H3,(H2,17,18,19). The van der Waals surface area contributed by atoms with Crippen LogP contribution in [-0.4, -0.2) is 42.1 Å². The molecule has 0 aliphatic heterocycles. The summed E-state index contributed by atoms with van der Waals surface area (Å²) in [5, 5.41) is -1.77. The van der Waals surface area contributed by atoms with Gasteiger partial charge in [0.05, 0.1) is 21.3 Å². The molecule has 2 N–H and O–H groups in total. The molecule has 1 aromatic carbocycles. The second-order valence-corrected chi connectivity index (χ2v) is 6.97. The number of methoxy groups -OCH3 is 3. The Kier molecular flexibility index (Phi) is 6.22. The first kappa shape index (κ1) is 19.5. The molecule has 0 radical (unpaired) electrons. The van der Waals surface area contributed by atoms with E-state index in [4.69, 9.17) is 14.2 Å². The first-order valence-electron chi connectivity index (χ1n) is 7.12. The number of carbonyl (C=O) groups excluding carboxylic acids is 1. The van der Waals surface area contributed by atoms with Crippen molar-refractivity contribution in [1.82, 2.24) is 0 Å². The Balaban J connectivity index is 3.56. The van der Waals surface area contributed by atoms with Crippen molar-refractivity contribution in [2.45, 2.75) is 31.8 Å². The second kappa shape index (κ2) is 7.34. The number of hydrogen-bond donors (Lipinski definition) is 2. The lowest BCUT2D eigenvalue weighted by Crippen LogP contribution is -2.37. The number of carbonyl (C=O) groups is 1. The maximum Gasteiger partial charge on any atom is 0.339 e. The van der Waals surface area contributed by atoms with Crippen LogP contribution < -0.4 is 14.2 Å². The van der Waals surface area contributed by atoms with E-state index in [0.29, 0.717) is 5.75 Å². The average Bonchev–Trinajstić information content (AvgIpc) is 2.53. The number of hydrogen-bond acceptors (Lipinski definition) is 5. The molecule has 1 rings (SSSR count). The van der Waals surface area contributed by atoms with Gasteiger partial charge in [0.15, 0.2) is 17.3 Å². The van der Waals surface area contributed by atoms with Gasteiger partial charge < -0.3 is 24.0 Å². The summed E-state index contributed by atoms with van der Waals surface area (Å²) in [7, 11) is -0.418. The van der Waals surface area contributed by atoms with Crippen molar-refractivity contribution in [3.63, 3.8) is 0 Å². The van der Waals surface area contributed by atoms with Crippen LogP contribution in [0.4, 0.5) is 0 Å². The molecule has 7 nitrogen and oxygen atoms in total. The van der Waals surface area contributed by atoms with Crippen LogP contribution >= 0.6 is 7.60 Å². The summed E-state index contributed by atoms with van der Waals surface area (Å²) in [5.74, 6) is 0.167. The van der Waals surface area contributed by atoms with Crippen LogP contribution in [-0.2, 0) is 4.57 Å². The molecule has 8 heteroatoms. The summed E-state index contributed by atoms with van der Waals surface area (Å²) >= 11 is 0. The fourth-order valence-electron chi connectivity index (χ4n) is 2.60. The Bertz CT molecular complexity index is 591. The molecule has 0 saturated carbocycles. The molecular weight excluding hydrogens is 323 g/mol. The van der Waals surface area contributed by atoms with Gasteiger partial charge in [-0.1, -0.05) is 13.8 Å². The molecule has 0 unspecified atom stereocenters. The molecule has 0 aliphatic rings. The third-order valence-electron chi connectivity index (χ3n) is 4.08. The van der Waals surface area contributed by atoms with E-state index in [1.54, 1.807) is 13.8 Å². The lowest BCUT2D eigenvalue weighted by molar-refractivity contribution is 0.0913. The normalized spacial score (nSPS) is 12.0. The van der Waals surface area contributed by atoms with Crippen molar-refractivity contribution in [2.24, 2.45) is 0 Å². The van der Waals surface area contributed by atoms with Gasteiger partial charge in [0.1, 0.15) is 5.16 Å². The van der Waals surface area contributed by atoms with E-state index in [1.165, 1.54) is 33.5 Å². The quantitative estimate of drug-likeness (QED) is 0.551. The molecule has 0 atom stereocenters. The van der Waals surface area contributed by atoms with Gasteiger partial charge in [-0.25, -0.2) is 0 Å². The molecular formula is C15H23O7P. The van der Waals surface area contributed by atoms with Crippen molar-refractivity contribution in [1.29, 1.82) is 0 Å². The first-order chi connectivity index (χ1) is 10.7. The highest BCUT2D eigenvalue weighted by Gasteiger charge is 2.50. The number of ether oxygens (including phenoxy) is 3. The molecule has 0 heterocycles. The smallest absolute Gasteiger partial charge is 0.339 e. The second-order valence-electron chi connectivity index (χ2n) is 5.03. The third kappa shape index (κ3) is 3.37. The molecule has 0 spiro atoms. The zero-order valence-electron chi connectivity index (χ0n) is 14.0. The van der Waals surface area contributed by atoms with E-state index in [0.717, 1.165) is 0 Å². The monoisotopic (exact) mass is 346 g/mol. The Hall–Kier alpha value is -1.56. The third-order valence-corrected chi connectivity index (χ3v) is 6.03. The van der Waals surface area contributed by atoms with Crippen molar-refractivity contribution < 1.29 is 33.4 Å². The number of rotatable bonds is 8. The lowest BCUT2D eigenvalue weighted by Gasteiger charge is -2.31. The predicted octanol–water partition coefficient (Wildman–Crippen LogP) is 2.63. The summed E-state index contributed by atoms with van der Waals surface area (Å²) in [5.41, 5.74) is 0.103. The largest absolute Gasteiger partial charge is 0.493 e. The van der Waals surface area contributed by atoms with Gasteiger partial charge >= 0.3 is 7.60 Å². The van der Waals surface area contributed by atoms with E-state index in [2.05, 4.69) is 0 Å². The Morgan fingerprint density at radius 2 is 1.48 bits per heavy atom. The van der Waals surface area contributed by atoms with E-state index < -0.39 is 18.5 Å². The highest BCUT2D eigenvalue weighted by Crippen LogP contribution is 2.56. The van der Waals surface area contributed by atoms with Crippen molar-refractivity contribution in [2.75, 3.05) is 21.3 Å². The molecule has 0 amide bonds. The summed E-state index contributed by atoms with van der Waals surface area (Å²) < 4.78 is 27.5. The molecule has 0 fully saturated rings. The zero-order chi connectivity index (χ0) is 17.8. The molecule has 1 aromatic rings. The minimum atomic E-state index is -4.66. The average molecular weight is 346 g/mol. The Labute approximate surface area is 135 Å². The topological polar surface area (TPSA) is 102 Å². The SMILES string of the molecule is CCC(CC)(C(=O)c1cc(OC)c(OC)c(OC)c1)P(=O)(O)O. The van der Waals surface area contributed by atoms with Crippen LogP contribution in [0.2, 0.25) is 0 Å². The maximum atomic E-state index is 12.9. The summed E-state index contributed by atoms with van der Waals surface area (Å²) in [4.78, 5) is 32.3. The predicted molar refractivity (Wildman–Crippen MR) is 85.8 cm³/mol.